The summed E-state index contributed by atoms with van der Waals surface area (Å²) in [5.41, 5.74) is 4.96. The third-order valence-electron chi connectivity index (χ3n) is 1.26. The summed E-state index contributed by atoms with van der Waals surface area (Å²) in [7, 11) is 1.54. The average Bonchev–Trinajstić information content (AvgIpc) is 2.13. The second-order valence-electron chi connectivity index (χ2n) is 2.43. The van der Waals surface area contributed by atoms with E-state index in [2.05, 4.69) is 16.7 Å². The zero-order chi connectivity index (χ0) is 10.3. The number of rotatable bonds is 4. The van der Waals surface area contributed by atoms with Crippen LogP contribution in [0.15, 0.2) is 22.0 Å². The standard InChI is InChI=1S/C8H14FN3O/c1-6(5-13-3)12-8(11-2)7(9)4-10/h4,6H,2,5,10H2,1,3H3/t6-/m1/s1. The molecule has 5 heteroatoms. The van der Waals surface area contributed by atoms with E-state index in [1.807, 2.05) is 0 Å². The molecule has 0 unspecified atom stereocenters. The molecule has 4 nitrogen and oxygen atoms in total. The third-order valence-corrected chi connectivity index (χ3v) is 1.26. The van der Waals surface area contributed by atoms with Gasteiger partial charge in [-0.1, -0.05) is 0 Å². The van der Waals surface area contributed by atoms with Crippen LogP contribution in [0.2, 0.25) is 0 Å². The number of nitrogens with two attached hydrogens (primary N) is 1. The van der Waals surface area contributed by atoms with Gasteiger partial charge >= 0.3 is 0 Å². The van der Waals surface area contributed by atoms with Crippen LogP contribution in [-0.4, -0.2) is 32.3 Å². The van der Waals surface area contributed by atoms with Gasteiger partial charge in [0.15, 0.2) is 11.7 Å². The molecule has 0 bridgehead atoms. The Morgan fingerprint density at radius 2 is 2.38 bits per heavy atom. The summed E-state index contributed by atoms with van der Waals surface area (Å²) in [6, 6.07) is -0.170. The summed E-state index contributed by atoms with van der Waals surface area (Å²) >= 11 is 0. The Labute approximate surface area is 77.0 Å². The highest BCUT2D eigenvalue weighted by Crippen LogP contribution is 2.02. The van der Waals surface area contributed by atoms with Crippen molar-refractivity contribution in [1.82, 2.24) is 0 Å². The molecule has 0 aliphatic rings. The molecule has 0 fully saturated rings. The fraction of sp³-hybridized carbons (Fsp3) is 0.500. The lowest BCUT2D eigenvalue weighted by Crippen LogP contribution is -2.11. The molecule has 0 spiro atoms. The van der Waals surface area contributed by atoms with Gasteiger partial charge in [-0.05, 0) is 13.6 Å². The van der Waals surface area contributed by atoms with Crippen LogP contribution >= 0.6 is 0 Å². The average molecular weight is 187 g/mol. The lowest BCUT2D eigenvalue weighted by atomic mass is 10.4. The molecule has 0 aliphatic heterocycles. The Morgan fingerprint density at radius 3 is 2.77 bits per heavy atom. The second-order valence-corrected chi connectivity index (χ2v) is 2.43. The van der Waals surface area contributed by atoms with Gasteiger partial charge in [0.25, 0.3) is 0 Å². The SMILES string of the molecule is C=NC(=N[C@H](C)COC)C(F)=CN. The van der Waals surface area contributed by atoms with Gasteiger partial charge < -0.3 is 10.5 Å². The van der Waals surface area contributed by atoms with Crippen LogP contribution in [0.4, 0.5) is 4.39 Å². The first-order valence-corrected chi connectivity index (χ1v) is 3.77. The maximum atomic E-state index is 12.8. The summed E-state index contributed by atoms with van der Waals surface area (Å²) in [5.74, 6) is -0.773. The van der Waals surface area contributed by atoms with Gasteiger partial charge in [0.2, 0.25) is 0 Å². The summed E-state index contributed by atoms with van der Waals surface area (Å²) in [4.78, 5) is 7.30. The summed E-state index contributed by atoms with van der Waals surface area (Å²) in [5, 5.41) is 0. The molecule has 74 valence electrons. The van der Waals surface area contributed by atoms with Gasteiger partial charge in [-0.25, -0.2) is 9.38 Å². The van der Waals surface area contributed by atoms with Gasteiger partial charge in [-0.2, -0.15) is 0 Å². The summed E-state index contributed by atoms with van der Waals surface area (Å²) in [6.07, 6.45) is 0.799. The van der Waals surface area contributed by atoms with Crippen molar-refractivity contribution < 1.29 is 9.13 Å². The monoisotopic (exact) mass is 187 g/mol. The van der Waals surface area contributed by atoms with Crippen LogP contribution in [0.25, 0.3) is 0 Å². The largest absolute Gasteiger partial charge is 0.402 e. The van der Waals surface area contributed by atoms with Crippen molar-refractivity contribution in [3.8, 4) is 0 Å². The minimum atomic E-state index is -0.682. The molecular weight excluding hydrogens is 173 g/mol. The predicted molar refractivity (Wildman–Crippen MR) is 51.7 cm³/mol. The number of methoxy groups -OCH3 is 1. The fourth-order valence-electron chi connectivity index (χ4n) is 0.740. The highest BCUT2D eigenvalue weighted by Gasteiger charge is 2.05. The first-order valence-electron chi connectivity index (χ1n) is 3.77. The molecule has 0 heterocycles. The molecule has 0 rings (SSSR count). The third kappa shape index (κ3) is 4.37. The van der Waals surface area contributed by atoms with Gasteiger partial charge in [0.05, 0.1) is 12.6 Å². The first-order chi connectivity index (χ1) is 6.15. The zero-order valence-electron chi connectivity index (χ0n) is 7.83. The zero-order valence-corrected chi connectivity index (χ0v) is 7.83. The Kier molecular flexibility index (Phi) is 5.71. The number of amidine groups is 1. The van der Waals surface area contributed by atoms with Crippen LogP contribution in [-0.2, 0) is 4.74 Å². The number of hydrogen-bond acceptors (Lipinski definition) is 3. The van der Waals surface area contributed by atoms with E-state index in [1.54, 1.807) is 14.0 Å². The lowest BCUT2D eigenvalue weighted by Gasteiger charge is -2.05. The van der Waals surface area contributed by atoms with Crippen molar-refractivity contribution in [3.05, 3.63) is 12.0 Å². The Morgan fingerprint density at radius 1 is 1.77 bits per heavy atom. The molecule has 1 atom stereocenters. The minimum absolute atomic E-state index is 0.0907. The highest BCUT2D eigenvalue weighted by molar-refractivity contribution is 5.99. The van der Waals surface area contributed by atoms with Crippen LogP contribution < -0.4 is 5.73 Å². The molecule has 0 amide bonds. The van der Waals surface area contributed by atoms with Crippen molar-refractivity contribution in [1.29, 1.82) is 0 Å². The van der Waals surface area contributed by atoms with Crippen LogP contribution in [0, 0.1) is 0 Å². The molecule has 0 aromatic rings. The molecule has 0 aromatic carbocycles. The molecule has 2 N–H and O–H groups in total. The topological polar surface area (TPSA) is 60.0 Å². The summed E-state index contributed by atoms with van der Waals surface area (Å²) < 4.78 is 17.6. The number of aliphatic imine (C=N–C) groups is 2. The quantitative estimate of drug-likeness (QED) is 0.525. The van der Waals surface area contributed by atoms with E-state index in [1.165, 1.54) is 0 Å². The van der Waals surface area contributed by atoms with E-state index in [9.17, 15) is 4.39 Å². The Balaban J connectivity index is 4.46. The number of ether oxygens (including phenoxy) is 1. The van der Waals surface area contributed by atoms with E-state index >= 15 is 0 Å². The van der Waals surface area contributed by atoms with Crippen molar-refractivity contribution >= 4 is 12.6 Å². The van der Waals surface area contributed by atoms with Crippen molar-refractivity contribution in [3.63, 3.8) is 0 Å². The van der Waals surface area contributed by atoms with Crippen molar-refractivity contribution in [2.24, 2.45) is 15.7 Å². The van der Waals surface area contributed by atoms with Crippen molar-refractivity contribution in [2.45, 2.75) is 13.0 Å². The first kappa shape index (κ1) is 11.8. The number of nitrogens with zero attached hydrogens (tertiary/aromatic N) is 2. The fourth-order valence-corrected chi connectivity index (χ4v) is 0.740. The van der Waals surface area contributed by atoms with E-state index in [0.717, 1.165) is 6.20 Å². The van der Waals surface area contributed by atoms with E-state index in [0.29, 0.717) is 6.61 Å². The molecular formula is C8H14FN3O. The van der Waals surface area contributed by atoms with Gasteiger partial charge in [-0.3, -0.25) is 4.99 Å². The van der Waals surface area contributed by atoms with E-state index in [4.69, 9.17) is 10.5 Å². The van der Waals surface area contributed by atoms with Crippen LogP contribution in [0.3, 0.4) is 0 Å². The molecule has 0 aromatic heterocycles. The summed E-state index contributed by atoms with van der Waals surface area (Å²) in [6.45, 7) is 5.36. The van der Waals surface area contributed by atoms with Crippen LogP contribution in [0.1, 0.15) is 6.92 Å². The molecule has 0 radical (unpaired) electrons. The number of hydrogen-bond donors (Lipinski definition) is 1. The predicted octanol–water partition coefficient (Wildman–Crippen LogP) is 0.890. The maximum absolute atomic E-state index is 12.8. The molecule has 13 heavy (non-hydrogen) atoms. The van der Waals surface area contributed by atoms with Gasteiger partial charge in [0, 0.05) is 13.3 Å². The second kappa shape index (κ2) is 6.30. The van der Waals surface area contributed by atoms with Crippen molar-refractivity contribution in [2.75, 3.05) is 13.7 Å². The molecule has 0 saturated heterocycles. The molecule has 0 saturated carbocycles. The maximum Gasteiger partial charge on any atom is 0.185 e. The van der Waals surface area contributed by atoms with Gasteiger partial charge in [-0.15, -0.1) is 0 Å². The Bertz CT molecular complexity index is 225. The highest BCUT2D eigenvalue weighted by atomic mass is 19.1. The van der Waals surface area contributed by atoms with E-state index in [-0.39, 0.29) is 11.9 Å². The van der Waals surface area contributed by atoms with Crippen LogP contribution in [0.5, 0.6) is 0 Å². The van der Waals surface area contributed by atoms with Gasteiger partial charge in [0.1, 0.15) is 0 Å². The lowest BCUT2D eigenvalue weighted by molar-refractivity contribution is 0.186. The van der Waals surface area contributed by atoms with E-state index < -0.39 is 5.83 Å². The Hall–Kier alpha value is -1.23. The minimum Gasteiger partial charge on any atom is -0.402 e. The smallest absolute Gasteiger partial charge is 0.185 e. The molecule has 0 aliphatic carbocycles. The number of halogens is 1. The normalized spacial score (nSPS) is 15.6.